The molecule has 0 bridgehead atoms. The van der Waals surface area contributed by atoms with Crippen molar-refractivity contribution in [2.24, 2.45) is 0 Å². The highest BCUT2D eigenvalue weighted by atomic mass is 32.1. The molecular weight excluding hydrogens is 220 g/mol. The second-order valence-electron chi connectivity index (χ2n) is 4.72. The number of rotatable bonds is 6. The van der Waals surface area contributed by atoms with E-state index in [2.05, 4.69) is 41.7 Å². The van der Waals surface area contributed by atoms with Crippen LogP contribution in [0.15, 0.2) is 17.5 Å². The number of hydrogen-bond donors (Lipinski definition) is 1. The summed E-state index contributed by atoms with van der Waals surface area (Å²) in [5, 5.41) is 5.37. The van der Waals surface area contributed by atoms with Crippen LogP contribution in [0.3, 0.4) is 0 Å². The molecule has 0 aromatic carbocycles. The lowest BCUT2D eigenvalue weighted by Gasteiger charge is -2.39. The minimum absolute atomic E-state index is 0.0871. The molecule has 1 aromatic heterocycles. The van der Waals surface area contributed by atoms with Gasteiger partial charge in [0, 0.05) is 31.1 Å². The maximum Gasteiger partial charge on any atom is 0.0902 e. The van der Waals surface area contributed by atoms with Crippen LogP contribution in [0.2, 0.25) is 0 Å². The van der Waals surface area contributed by atoms with Crippen LogP contribution in [0, 0.1) is 0 Å². The Labute approximate surface area is 101 Å². The number of nitrogens with one attached hydrogen (secondary N) is 1. The van der Waals surface area contributed by atoms with E-state index in [1.165, 1.54) is 4.88 Å². The highest BCUT2D eigenvalue weighted by Gasteiger charge is 2.32. The van der Waals surface area contributed by atoms with Gasteiger partial charge in [-0.3, -0.25) is 4.90 Å². The summed E-state index contributed by atoms with van der Waals surface area (Å²) < 4.78 is 5.85. The van der Waals surface area contributed by atoms with E-state index in [1.54, 1.807) is 0 Å². The lowest BCUT2D eigenvalue weighted by atomic mass is 10.0. The molecule has 1 aliphatic heterocycles. The number of thiophene rings is 1. The zero-order valence-corrected chi connectivity index (χ0v) is 10.8. The first-order valence-corrected chi connectivity index (χ1v) is 6.62. The van der Waals surface area contributed by atoms with Crippen LogP contribution < -0.4 is 5.32 Å². The molecule has 2 rings (SSSR count). The fourth-order valence-electron chi connectivity index (χ4n) is 1.77. The Balaban J connectivity index is 1.62. The van der Waals surface area contributed by atoms with Crippen LogP contribution in [-0.4, -0.2) is 43.8 Å². The van der Waals surface area contributed by atoms with E-state index >= 15 is 0 Å². The summed E-state index contributed by atoms with van der Waals surface area (Å²) in [5.74, 6) is 0. The highest BCUT2D eigenvalue weighted by Crippen LogP contribution is 2.15. The standard InChI is InChI=1S/C12H20N2OS/c1-12(9-13-10-12)15-6-5-14(2)8-11-4-3-7-16-11/h3-4,7,13H,5-6,8-10H2,1-2H3. The zero-order chi connectivity index (χ0) is 11.4. The van der Waals surface area contributed by atoms with Crippen LogP contribution in [0.1, 0.15) is 11.8 Å². The highest BCUT2D eigenvalue weighted by molar-refractivity contribution is 7.09. The van der Waals surface area contributed by atoms with E-state index in [0.29, 0.717) is 0 Å². The van der Waals surface area contributed by atoms with E-state index in [-0.39, 0.29) is 5.60 Å². The summed E-state index contributed by atoms with van der Waals surface area (Å²) in [5.41, 5.74) is 0.0871. The molecule has 3 nitrogen and oxygen atoms in total. The molecule has 2 heterocycles. The van der Waals surface area contributed by atoms with Crippen LogP contribution in [0.5, 0.6) is 0 Å². The van der Waals surface area contributed by atoms with Gasteiger partial charge in [-0.2, -0.15) is 0 Å². The topological polar surface area (TPSA) is 24.5 Å². The molecular formula is C12H20N2OS. The van der Waals surface area contributed by atoms with Gasteiger partial charge < -0.3 is 10.1 Å². The zero-order valence-electron chi connectivity index (χ0n) is 10.0. The lowest BCUT2D eigenvalue weighted by molar-refractivity contribution is -0.0712. The van der Waals surface area contributed by atoms with Crippen molar-refractivity contribution in [1.82, 2.24) is 10.2 Å². The number of likely N-dealkylation sites (N-methyl/N-ethyl adjacent to an activating group) is 1. The van der Waals surface area contributed by atoms with Crippen molar-refractivity contribution in [3.63, 3.8) is 0 Å². The molecule has 1 aromatic rings. The van der Waals surface area contributed by atoms with Crippen LogP contribution in [0.25, 0.3) is 0 Å². The van der Waals surface area contributed by atoms with Crippen LogP contribution in [0.4, 0.5) is 0 Å². The number of ether oxygens (including phenoxy) is 1. The number of hydrogen-bond acceptors (Lipinski definition) is 4. The van der Waals surface area contributed by atoms with E-state index in [9.17, 15) is 0 Å². The van der Waals surface area contributed by atoms with Crippen molar-refractivity contribution >= 4 is 11.3 Å². The van der Waals surface area contributed by atoms with Gasteiger partial charge >= 0.3 is 0 Å². The normalized spacial score (nSPS) is 18.7. The summed E-state index contributed by atoms with van der Waals surface area (Å²) in [6.45, 7) is 6.98. The van der Waals surface area contributed by atoms with Gasteiger partial charge in [-0.15, -0.1) is 11.3 Å². The predicted octanol–water partition coefficient (Wildman–Crippen LogP) is 1.56. The van der Waals surface area contributed by atoms with Crippen molar-refractivity contribution in [2.75, 3.05) is 33.3 Å². The average Bonchev–Trinajstić information content (AvgIpc) is 2.68. The smallest absolute Gasteiger partial charge is 0.0902 e. The van der Waals surface area contributed by atoms with Crippen LogP contribution in [-0.2, 0) is 11.3 Å². The van der Waals surface area contributed by atoms with Gasteiger partial charge in [-0.1, -0.05) is 6.07 Å². The van der Waals surface area contributed by atoms with E-state index in [0.717, 1.165) is 32.8 Å². The molecule has 0 spiro atoms. The minimum atomic E-state index is 0.0871. The predicted molar refractivity (Wildman–Crippen MR) is 67.9 cm³/mol. The lowest BCUT2D eigenvalue weighted by Crippen LogP contribution is -2.59. The molecule has 0 atom stereocenters. The first kappa shape index (κ1) is 12.0. The second kappa shape index (κ2) is 5.27. The molecule has 0 amide bonds. The fourth-order valence-corrected chi connectivity index (χ4v) is 2.56. The van der Waals surface area contributed by atoms with E-state index in [4.69, 9.17) is 4.74 Å². The Morgan fingerprint density at radius 3 is 2.94 bits per heavy atom. The Morgan fingerprint density at radius 1 is 1.56 bits per heavy atom. The van der Waals surface area contributed by atoms with Crippen molar-refractivity contribution in [1.29, 1.82) is 0 Å². The van der Waals surface area contributed by atoms with Gasteiger partial charge in [0.2, 0.25) is 0 Å². The number of nitrogens with zero attached hydrogens (tertiary/aromatic N) is 1. The van der Waals surface area contributed by atoms with E-state index in [1.807, 2.05) is 11.3 Å². The molecule has 0 saturated carbocycles. The molecule has 0 radical (unpaired) electrons. The molecule has 4 heteroatoms. The van der Waals surface area contributed by atoms with Gasteiger partial charge in [-0.25, -0.2) is 0 Å². The summed E-state index contributed by atoms with van der Waals surface area (Å²) in [7, 11) is 2.14. The fraction of sp³-hybridized carbons (Fsp3) is 0.667. The Hall–Kier alpha value is -0.420. The largest absolute Gasteiger partial charge is 0.371 e. The third kappa shape index (κ3) is 3.28. The van der Waals surface area contributed by atoms with E-state index < -0.39 is 0 Å². The third-order valence-electron chi connectivity index (χ3n) is 2.93. The molecule has 1 aliphatic rings. The van der Waals surface area contributed by atoms with Crippen molar-refractivity contribution < 1.29 is 4.74 Å². The summed E-state index contributed by atoms with van der Waals surface area (Å²) >= 11 is 1.81. The Morgan fingerprint density at radius 2 is 2.38 bits per heavy atom. The van der Waals surface area contributed by atoms with Gasteiger partial charge in [0.15, 0.2) is 0 Å². The average molecular weight is 240 g/mol. The molecule has 1 N–H and O–H groups in total. The Bertz CT molecular complexity index is 309. The SMILES string of the molecule is CN(CCOC1(C)CNC1)Cc1cccs1. The van der Waals surface area contributed by atoms with Gasteiger partial charge in [-0.05, 0) is 25.4 Å². The van der Waals surface area contributed by atoms with Crippen molar-refractivity contribution in [2.45, 2.75) is 19.1 Å². The first-order chi connectivity index (χ1) is 7.68. The molecule has 1 saturated heterocycles. The molecule has 1 fully saturated rings. The first-order valence-electron chi connectivity index (χ1n) is 5.74. The van der Waals surface area contributed by atoms with Crippen molar-refractivity contribution in [3.05, 3.63) is 22.4 Å². The summed E-state index contributed by atoms with van der Waals surface area (Å²) in [6.07, 6.45) is 0. The molecule has 16 heavy (non-hydrogen) atoms. The maximum absolute atomic E-state index is 5.85. The quantitative estimate of drug-likeness (QED) is 0.816. The monoisotopic (exact) mass is 240 g/mol. The molecule has 0 unspecified atom stereocenters. The van der Waals surface area contributed by atoms with Gasteiger partial charge in [0.1, 0.15) is 0 Å². The summed E-state index contributed by atoms with van der Waals surface area (Å²) in [4.78, 5) is 3.72. The third-order valence-corrected chi connectivity index (χ3v) is 3.79. The Kier molecular flexibility index (Phi) is 3.97. The molecule has 90 valence electrons. The molecule has 0 aliphatic carbocycles. The summed E-state index contributed by atoms with van der Waals surface area (Å²) in [6, 6.07) is 4.28. The van der Waals surface area contributed by atoms with Gasteiger partial charge in [0.05, 0.1) is 12.2 Å². The van der Waals surface area contributed by atoms with Gasteiger partial charge in [0.25, 0.3) is 0 Å². The minimum Gasteiger partial charge on any atom is -0.371 e. The maximum atomic E-state index is 5.85. The second-order valence-corrected chi connectivity index (χ2v) is 5.75. The van der Waals surface area contributed by atoms with Crippen molar-refractivity contribution in [3.8, 4) is 0 Å². The van der Waals surface area contributed by atoms with Crippen LogP contribution >= 0.6 is 11.3 Å².